The number of nitrogens with two attached hydrogens (primary N) is 1. The van der Waals surface area contributed by atoms with Crippen molar-refractivity contribution in [3.05, 3.63) is 77.4 Å². The number of nitrogens with zero attached hydrogens (tertiary/aromatic N) is 1. The minimum Gasteiger partial charge on any atom is -0.497 e. The van der Waals surface area contributed by atoms with E-state index in [4.69, 9.17) is 15.2 Å². The molecule has 0 radical (unpaired) electrons. The van der Waals surface area contributed by atoms with E-state index in [9.17, 15) is 27.2 Å². The Labute approximate surface area is 220 Å². The molecule has 2 aromatic carbocycles. The molecule has 206 valence electrons. The summed E-state index contributed by atoms with van der Waals surface area (Å²) in [5.41, 5.74) is 3.63. The van der Waals surface area contributed by atoms with Crippen molar-refractivity contribution >= 4 is 28.9 Å². The summed E-state index contributed by atoms with van der Waals surface area (Å²) in [6, 6.07) is 8.54. The minimum absolute atomic E-state index is 0.0244. The molecule has 0 saturated carbocycles. The molecule has 5 N–H and O–H groups in total. The van der Waals surface area contributed by atoms with Crippen LogP contribution in [0, 0.1) is 5.82 Å². The first kappa shape index (κ1) is 27.6. The number of benzene rings is 2. The van der Waals surface area contributed by atoms with Gasteiger partial charge in [0.15, 0.2) is 0 Å². The highest BCUT2D eigenvalue weighted by molar-refractivity contribution is 5.99. The average Bonchev–Trinajstić information content (AvgIpc) is 3.37. The number of anilines is 3. The lowest BCUT2D eigenvalue weighted by Crippen LogP contribution is -2.59. The summed E-state index contributed by atoms with van der Waals surface area (Å²) in [5, 5.41) is 7.85. The quantitative estimate of drug-likeness (QED) is 0.316. The molecule has 0 unspecified atom stereocenters. The van der Waals surface area contributed by atoms with E-state index in [1.165, 1.54) is 49.8 Å². The monoisotopic (exact) mass is 547 g/mol. The largest absolute Gasteiger partial charge is 0.497 e. The summed E-state index contributed by atoms with van der Waals surface area (Å²) in [4.78, 5) is 29.7. The Morgan fingerprint density at radius 3 is 2.59 bits per heavy atom. The number of nitrogen functional groups attached to an aromatic ring is 1. The van der Waals surface area contributed by atoms with Crippen molar-refractivity contribution in [3.8, 4) is 5.75 Å². The maximum atomic E-state index is 14.9. The molecule has 3 aromatic rings. The van der Waals surface area contributed by atoms with Crippen molar-refractivity contribution < 1.29 is 36.6 Å². The average molecular weight is 548 g/mol. The van der Waals surface area contributed by atoms with Crippen molar-refractivity contribution in [2.24, 2.45) is 0 Å². The number of alkyl halides is 3. The normalized spacial score (nSPS) is 16.9. The SMILES string of the molecule is COc1ccc(Nc2ccc(CNC(=O)[C@]3(NC(=O)c4cncc(N)c4)CCOC3)c(F)c2)c(C(F)(F)F)c1. The predicted molar refractivity (Wildman–Crippen MR) is 134 cm³/mol. The number of hydrogen-bond donors (Lipinski definition) is 4. The predicted octanol–water partition coefficient (Wildman–Crippen LogP) is 3.78. The number of nitrogens with one attached hydrogen (secondary N) is 3. The Balaban J connectivity index is 1.45. The highest BCUT2D eigenvalue weighted by atomic mass is 19.4. The fourth-order valence-corrected chi connectivity index (χ4v) is 4.03. The Hall–Kier alpha value is -4.39. The molecule has 4 rings (SSSR count). The zero-order valence-electron chi connectivity index (χ0n) is 20.7. The summed E-state index contributed by atoms with van der Waals surface area (Å²) >= 11 is 0. The lowest BCUT2D eigenvalue weighted by atomic mass is 9.96. The van der Waals surface area contributed by atoms with E-state index >= 15 is 0 Å². The number of rotatable bonds is 8. The van der Waals surface area contributed by atoms with E-state index in [0.717, 1.165) is 12.1 Å². The van der Waals surface area contributed by atoms with Gasteiger partial charge in [0.25, 0.3) is 5.91 Å². The summed E-state index contributed by atoms with van der Waals surface area (Å²) < 4.78 is 65.5. The Morgan fingerprint density at radius 2 is 1.95 bits per heavy atom. The zero-order valence-corrected chi connectivity index (χ0v) is 20.7. The lowest BCUT2D eigenvalue weighted by Gasteiger charge is -2.27. The Morgan fingerprint density at radius 1 is 1.15 bits per heavy atom. The maximum absolute atomic E-state index is 14.9. The van der Waals surface area contributed by atoms with E-state index in [2.05, 4.69) is 20.9 Å². The second-order valence-corrected chi connectivity index (χ2v) is 8.87. The van der Waals surface area contributed by atoms with E-state index in [1.807, 2.05) is 0 Å². The number of methoxy groups -OCH3 is 1. The molecule has 13 heteroatoms. The number of aromatic nitrogens is 1. The number of pyridine rings is 1. The van der Waals surface area contributed by atoms with E-state index in [-0.39, 0.29) is 60.1 Å². The summed E-state index contributed by atoms with van der Waals surface area (Å²) in [5.74, 6) is -1.89. The van der Waals surface area contributed by atoms with Crippen LogP contribution in [0.4, 0.5) is 34.6 Å². The van der Waals surface area contributed by atoms with Crippen molar-refractivity contribution in [2.75, 3.05) is 31.4 Å². The van der Waals surface area contributed by atoms with Crippen LogP contribution < -0.4 is 26.4 Å². The van der Waals surface area contributed by atoms with Crippen molar-refractivity contribution in [1.29, 1.82) is 0 Å². The minimum atomic E-state index is -4.67. The van der Waals surface area contributed by atoms with Crippen molar-refractivity contribution in [3.63, 3.8) is 0 Å². The van der Waals surface area contributed by atoms with Crippen LogP contribution in [0.3, 0.4) is 0 Å². The second kappa shape index (κ2) is 11.2. The van der Waals surface area contributed by atoms with E-state index < -0.39 is 34.9 Å². The van der Waals surface area contributed by atoms with Gasteiger partial charge in [0.05, 0.1) is 36.2 Å². The molecule has 0 bridgehead atoms. The molecule has 1 fully saturated rings. The van der Waals surface area contributed by atoms with Crippen LogP contribution in [0.1, 0.15) is 27.9 Å². The molecule has 2 amide bonds. The highest BCUT2D eigenvalue weighted by Crippen LogP contribution is 2.38. The van der Waals surface area contributed by atoms with Crippen LogP contribution in [0.2, 0.25) is 0 Å². The molecule has 1 atom stereocenters. The number of carbonyl (C=O) groups excluding carboxylic acids is 2. The second-order valence-electron chi connectivity index (χ2n) is 8.87. The van der Waals surface area contributed by atoms with E-state index in [1.54, 1.807) is 0 Å². The first-order valence-electron chi connectivity index (χ1n) is 11.7. The van der Waals surface area contributed by atoms with Gasteiger partial charge in [0.1, 0.15) is 17.1 Å². The number of amides is 2. The Bertz CT molecular complexity index is 1380. The van der Waals surface area contributed by atoms with Crippen LogP contribution in [0.25, 0.3) is 0 Å². The molecular formula is C26H25F4N5O4. The van der Waals surface area contributed by atoms with Gasteiger partial charge in [-0.1, -0.05) is 6.07 Å². The highest BCUT2D eigenvalue weighted by Gasteiger charge is 2.44. The standard InChI is InChI=1S/C26H25F4N5O4/c1-38-19-4-5-22(20(10-19)26(28,29)30)34-18-3-2-15(21(27)9-18)12-33-24(37)25(6-7-39-14-25)35-23(36)16-8-17(31)13-32-11-16/h2-5,8-11,13,34H,6-7,12,14,31H2,1H3,(H,33,37)(H,35,36)/t25-/m0/s1. The topological polar surface area (TPSA) is 128 Å². The summed E-state index contributed by atoms with van der Waals surface area (Å²) in [6.45, 7) is -0.101. The lowest BCUT2D eigenvalue weighted by molar-refractivity contribution is -0.137. The molecule has 1 aromatic heterocycles. The van der Waals surface area contributed by atoms with Gasteiger partial charge in [-0.05, 0) is 36.4 Å². The zero-order chi connectivity index (χ0) is 28.2. The van der Waals surface area contributed by atoms with Gasteiger partial charge in [-0.15, -0.1) is 0 Å². The van der Waals surface area contributed by atoms with Crippen molar-refractivity contribution in [2.45, 2.75) is 24.7 Å². The van der Waals surface area contributed by atoms with Gasteiger partial charge in [0.2, 0.25) is 5.91 Å². The van der Waals surface area contributed by atoms with Gasteiger partial charge in [0, 0.05) is 43.2 Å². The summed E-state index contributed by atoms with van der Waals surface area (Å²) in [7, 11) is 1.25. The third kappa shape index (κ3) is 6.37. The van der Waals surface area contributed by atoms with Gasteiger partial charge in [-0.2, -0.15) is 13.2 Å². The smallest absolute Gasteiger partial charge is 0.418 e. The van der Waals surface area contributed by atoms with Crippen LogP contribution >= 0.6 is 0 Å². The van der Waals surface area contributed by atoms with Gasteiger partial charge >= 0.3 is 6.18 Å². The van der Waals surface area contributed by atoms with Crippen LogP contribution in [-0.4, -0.2) is 42.7 Å². The number of hydrogen-bond acceptors (Lipinski definition) is 7. The number of carbonyl (C=O) groups is 2. The molecule has 0 spiro atoms. The third-order valence-corrected chi connectivity index (χ3v) is 6.13. The first-order chi connectivity index (χ1) is 18.5. The van der Waals surface area contributed by atoms with Gasteiger partial charge in [-0.25, -0.2) is 4.39 Å². The first-order valence-corrected chi connectivity index (χ1v) is 11.7. The van der Waals surface area contributed by atoms with Crippen LogP contribution in [-0.2, 0) is 22.3 Å². The number of ether oxygens (including phenoxy) is 2. The fraction of sp³-hybridized carbons (Fsp3) is 0.269. The van der Waals surface area contributed by atoms with Crippen LogP contribution in [0.5, 0.6) is 5.75 Å². The Kier molecular flexibility index (Phi) is 7.90. The van der Waals surface area contributed by atoms with Gasteiger partial charge in [-0.3, -0.25) is 14.6 Å². The molecule has 1 aliphatic heterocycles. The van der Waals surface area contributed by atoms with Crippen molar-refractivity contribution in [1.82, 2.24) is 15.6 Å². The third-order valence-electron chi connectivity index (χ3n) is 6.13. The van der Waals surface area contributed by atoms with Gasteiger partial charge < -0.3 is 31.2 Å². The molecule has 39 heavy (non-hydrogen) atoms. The van der Waals surface area contributed by atoms with E-state index in [0.29, 0.717) is 0 Å². The molecule has 0 aliphatic carbocycles. The molecule has 1 aliphatic rings. The maximum Gasteiger partial charge on any atom is 0.418 e. The molecular weight excluding hydrogens is 522 g/mol. The molecule has 1 saturated heterocycles. The number of halogens is 4. The molecule has 2 heterocycles. The fourth-order valence-electron chi connectivity index (χ4n) is 4.03. The van der Waals surface area contributed by atoms with Crippen LogP contribution in [0.15, 0.2) is 54.9 Å². The summed E-state index contributed by atoms with van der Waals surface area (Å²) in [6.07, 6.45) is -1.80. The molecule has 9 nitrogen and oxygen atoms in total.